The summed E-state index contributed by atoms with van der Waals surface area (Å²) >= 11 is 12.0. The van der Waals surface area contributed by atoms with Gasteiger partial charge in [-0.3, -0.25) is 4.79 Å². The van der Waals surface area contributed by atoms with Gasteiger partial charge in [0.15, 0.2) is 5.75 Å². The Balaban J connectivity index is 2.06. The molecule has 0 unspecified atom stereocenters. The van der Waals surface area contributed by atoms with Gasteiger partial charge in [0.05, 0.1) is 17.2 Å². The van der Waals surface area contributed by atoms with Gasteiger partial charge in [-0.1, -0.05) is 53.5 Å². The molecule has 0 aliphatic carbocycles. The lowest BCUT2D eigenvalue weighted by atomic mass is 10.1. The van der Waals surface area contributed by atoms with Crippen molar-refractivity contribution in [1.82, 2.24) is 5.43 Å². The number of carbonyl (C=O) groups is 1. The first-order valence-electron chi connectivity index (χ1n) is 6.91. The van der Waals surface area contributed by atoms with E-state index >= 15 is 0 Å². The fourth-order valence-electron chi connectivity index (χ4n) is 2.03. The fraction of sp³-hybridized carbons (Fsp3) is 0.176. The van der Waals surface area contributed by atoms with Gasteiger partial charge in [0.1, 0.15) is 0 Å². The van der Waals surface area contributed by atoms with Gasteiger partial charge in [-0.05, 0) is 24.6 Å². The Morgan fingerprint density at radius 3 is 2.35 bits per heavy atom. The number of ether oxygens (including phenoxy) is 1. The van der Waals surface area contributed by atoms with Crippen LogP contribution in [0.2, 0.25) is 10.0 Å². The van der Waals surface area contributed by atoms with Gasteiger partial charge in [0.2, 0.25) is 0 Å². The SMILES string of the molecule is COc1c(Cl)cc(C(=O)N/N=C(\C)Cc2ccccc2)cc1Cl. The summed E-state index contributed by atoms with van der Waals surface area (Å²) in [6.45, 7) is 1.85. The maximum atomic E-state index is 12.1. The van der Waals surface area contributed by atoms with Crippen LogP contribution in [-0.4, -0.2) is 18.7 Å². The summed E-state index contributed by atoms with van der Waals surface area (Å²) in [4.78, 5) is 12.1. The lowest BCUT2D eigenvalue weighted by Gasteiger charge is -2.08. The summed E-state index contributed by atoms with van der Waals surface area (Å²) in [5.74, 6) is -0.0440. The number of hydrogen-bond donors (Lipinski definition) is 1. The number of benzene rings is 2. The van der Waals surface area contributed by atoms with E-state index in [2.05, 4.69) is 10.5 Å². The predicted molar refractivity (Wildman–Crippen MR) is 93.7 cm³/mol. The lowest BCUT2D eigenvalue weighted by molar-refractivity contribution is 0.0954. The molecule has 2 rings (SSSR count). The monoisotopic (exact) mass is 350 g/mol. The molecule has 0 aromatic heterocycles. The highest BCUT2D eigenvalue weighted by Gasteiger charge is 2.13. The zero-order valence-electron chi connectivity index (χ0n) is 12.8. The molecule has 0 aliphatic rings. The maximum absolute atomic E-state index is 12.1. The fourth-order valence-corrected chi connectivity index (χ4v) is 2.67. The molecule has 0 saturated heterocycles. The number of halogens is 2. The van der Waals surface area contributed by atoms with Gasteiger partial charge in [0, 0.05) is 17.7 Å². The van der Waals surface area contributed by atoms with Crippen LogP contribution in [0.25, 0.3) is 0 Å². The van der Waals surface area contributed by atoms with E-state index in [1.54, 1.807) is 0 Å². The number of nitrogens with one attached hydrogen (secondary N) is 1. The highest BCUT2D eigenvalue weighted by Crippen LogP contribution is 2.33. The Hall–Kier alpha value is -2.04. The van der Waals surface area contributed by atoms with Gasteiger partial charge in [-0.15, -0.1) is 0 Å². The molecular weight excluding hydrogens is 335 g/mol. The highest BCUT2D eigenvalue weighted by atomic mass is 35.5. The second-order valence-electron chi connectivity index (χ2n) is 4.92. The molecule has 6 heteroatoms. The molecular formula is C17H16Cl2N2O2. The van der Waals surface area contributed by atoms with Crippen LogP contribution in [0.1, 0.15) is 22.8 Å². The summed E-state index contributed by atoms with van der Waals surface area (Å²) in [5.41, 5.74) is 4.73. The average molecular weight is 351 g/mol. The molecule has 2 aromatic carbocycles. The van der Waals surface area contributed by atoms with E-state index in [-0.39, 0.29) is 16.0 Å². The third kappa shape index (κ3) is 4.71. The molecule has 0 saturated carbocycles. The van der Waals surface area contributed by atoms with E-state index in [4.69, 9.17) is 27.9 Å². The lowest BCUT2D eigenvalue weighted by Crippen LogP contribution is -2.19. The first-order chi connectivity index (χ1) is 11.0. The van der Waals surface area contributed by atoms with E-state index in [1.807, 2.05) is 37.3 Å². The molecule has 23 heavy (non-hydrogen) atoms. The normalized spacial score (nSPS) is 11.2. The summed E-state index contributed by atoms with van der Waals surface area (Å²) in [5, 5.41) is 4.64. The summed E-state index contributed by atoms with van der Waals surface area (Å²) in [6.07, 6.45) is 0.658. The largest absolute Gasteiger partial charge is 0.494 e. The Morgan fingerprint density at radius 2 is 1.78 bits per heavy atom. The van der Waals surface area contributed by atoms with Crippen LogP contribution in [0.4, 0.5) is 0 Å². The van der Waals surface area contributed by atoms with Gasteiger partial charge < -0.3 is 4.74 Å². The van der Waals surface area contributed by atoms with Crippen molar-refractivity contribution >= 4 is 34.8 Å². The van der Waals surface area contributed by atoms with Crippen molar-refractivity contribution in [3.8, 4) is 5.75 Å². The summed E-state index contributed by atoms with van der Waals surface area (Å²) < 4.78 is 5.05. The van der Waals surface area contributed by atoms with Gasteiger partial charge in [-0.25, -0.2) is 5.43 Å². The molecule has 0 heterocycles. The maximum Gasteiger partial charge on any atom is 0.271 e. The van der Waals surface area contributed by atoms with Crippen molar-refractivity contribution in [2.45, 2.75) is 13.3 Å². The first-order valence-corrected chi connectivity index (χ1v) is 7.67. The van der Waals surface area contributed by atoms with Crippen LogP contribution in [0.5, 0.6) is 5.75 Å². The first kappa shape index (κ1) is 17.3. The van der Waals surface area contributed by atoms with Gasteiger partial charge >= 0.3 is 0 Å². The minimum atomic E-state index is -0.385. The zero-order valence-corrected chi connectivity index (χ0v) is 14.3. The van der Waals surface area contributed by atoms with Crippen LogP contribution < -0.4 is 10.2 Å². The van der Waals surface area contributed by atoms with E-state index in [0.717, 1.165) is 11.3 Å². The number of hydrogen-bond acceptors (Lipinski definition) is 3. The average Bonchev–Trinajstić information content (AvgIpc) is 2.53. The summed E-state index contributed by atoms with van der Waals surface area (Å²) in [7, 11) is 1.46. The third-order valence-corrected chi connectivity index (χ3v) is 3.68. The van der Waals surface area contributed by atoms with Crippen molar-refractivity contribution in [3.05, 3.63) is 63.6 Å². The molecule has 4 nitrogen and oxygen atoms in total. The molecule has 1 N–H and O–H groups in total. The second kappa shape index (κ2) is 7.99. The molecule has 2 aromatic rings. The third-order valence-electron chi connectivity index (χ3n) is 3.12. The number of amides is 1. The van der Waals surface area contributed by atoms with E-state index < -0.39 is 0 Å². The minimum Gasteiger partial charge on any atom is -0.494 e. The van der Waals surface area contributed by atoms with Crippen LogP contribution >= 0.6 is 23.2 Å². The number of nitrogens with zero attached hydrogens (tertiary/aromatic N) is 1. The van der Waals surface area contributed by atoms with E-state index in [0.29, 0.717) is 17.7 Å². The minimum absolute atomic E-state index is 0.273. The van der Waals surface area contributed by atoms with Gasteiger partial charge in [0.25, 0.3) is 5.91 Å². The van der Waals surface area contributed by atoms with E-state index in [1.165, 1.54) is 19.2 Å². The highest BCUT2D eigenvalue weighted by molar-refractivity contribution is 6.37. The molecule has 1 amide bonds. The molecule has 0 spiro atoms. The standard InChI is InChI=1S/C17H16Cl2N2O2/c1-11(8-12-6-4-3-5-7-12)20-21-17(22)13-9-14(18)16(23-2)15(19)10-13/h3-7,9-10H,8H2,1-2H3,(H,21,22)/b20-11+. The van der Waals surface area contributed by atoms with Gasteiger partial charge in [-0.2, -0.15) is 5.10 Å². The number of rotatable bonds is 5. The van der Waals surface area contributed by atoms with Crippen molar-refractivity contribution in [1.29, 1.82) is 0 Å². The van der Waals surface area contributed by atoms with Crippen LogP contribution in [0.3, 0.4) is 0 Å². The zero-order chi connectivity index (χ0) is 16.8. The van der Waals surface area contributed by atoms with Crippen LogP contribution in [-0.2, 0) is 6.42 Å². The Bertz CT molecular complexity index is 708. The molecule has 0 radical (unpaired) electrons. The molecule has 0 fully saturated rings. The van der Waals surface area contributed by atoms with Crippen molar-refractivity contribution in [3.63, 3.8) is 0 Å². The van der Waals surface area contributed by atoms with Crippen LogP contribution in [0.15, 0.2) is 47.6 Å². The van der Waals surface area contributed by atoms with Crippen molar-refractivity contribution in [2.24, 2.45) is 5.10 Å². The molecule has 0 aliphatic heterocycles. The van der Waals surface area contributed by atoms with Crippen molar-refractivity contribution < 1.29 is 9.53 Å². The molecule has 0 bridgehead atoms. The number of methoxy groups -OCH3 is 1. The van der Waals surface area contributed by atoms with Crippen molar-refractivity contribution in [2.75, 3.05) is 7.11 Å². The second-order valence-corrected chi connectivity index (χ2v) is 5.74. The van der Waals surface area contributed by atoms with Crippen LogP contribution in [0, 0.1) is 0 Å². The molecule has 120 valence electrons. The topological polar surface area (TPSA) is 50.7 Å². The Morgan fingerprint density at radius 1 is 1.17 bits per heavy atom. The molecule has 0 atom stereocenters. The Kier molecular flexibility index (Phi) is 6.02. The van der Waals surface area contributed by atoms with E-state index in [9.17, 15) is 4.79 Å². The Labute approximate surface area is 145 Å². The predicted octanol–water partition coefficient (Wildman–Crippen LogP) is 4.35. The smallest absolute Gasteiger partial charge is 0.271 e. The quantitative estimate of drug-likeness (QED) is 0.643. The number of hydrazone groups is 1. The number of carbonyl (C=O) groups excluding carboxylic acids is 1. The summed E-state index contributed by atoms with van der Waals surface area (Å²) in [6, 6.07) is 12.9.